The first-order chi connectivity index (χ1) is 14.7. The standard InChI is InChI=1S/C22H29ClN4O3S/c1-16(2)25-31(29,30)21-10-6-19(7-11-21)24-22(28)17(3)26-12-14-27(15-13-26)20-8-4-18(23)5-9-20/h4-11,16-17,25H,12-15H2,1-3H3,(H,24,28). The molecule has 2 N–H and O–H groups in total. The van der Waals surface area contributed by atoms with Gasteiger partial charge in [-0.15, -0.1) is 0 Å². The largest absolute Gasteiger partial charge is 0.369 e. The first kappa shape index (κ1) is 23.5. The molecular formula is C22H29ClN4O3S. The maximum atomic E-state index is 12.7. The Balaban J connectivity index is 1.54. The maximum Gasteiger partial charge on any atom is 0.241 e. The van der Waals surface area contributed by atoms with Crippen LogP contribution in [-0.2, 0) is 14.8 Å². The molecule has 1 amide bonds. The molecule has 2 aromatic rings. The van der Waals surface area contributed by atoms with Crippen LogP contribution in [0, 0.1) is 0 Å². The van der Waals surface area contributed by atoms with Crippen LogP contribution in [0.15, 0.2) is 53.4 Å². The second kappa shape index (κ2) is 9.99. The van der Waals surface area contributed by atoms with Gasteiger partial charge < -0.3 is 10.2 Å². The van der Waals surface area contributed by atoms with E-state index < -0.39 is 10.0 Å². The Morgan fingerprint density at radius 3 is 2.06 bits per heavy atom. The number of hydrogen-bond acceptors (Lipinski definition) is 5. The van der Waals surface area contributed by atoms with E-state index in [1.165, 1.54) is 12.1 Å². The highest BCUT2D eigenvalue weighted by Crippen LogP contribution is 2.20. The SMILES string of the molecule is CC(C)NS(=O)(=O)c1ccc(NC(=O)C(C)N2CCN(c3ccc(Cl)cc3)CC2)cc1. The van der Waals surface area contributed by atoms with E-state index in [-0.39, 0.29) is 22.9 Å². The van der Waals surface area contributed by atoms with E-state index in [2.05, 4.69) is 19.8 Å². The average Bonchev–Trinajstić information content (AvgIpc) is 2.73. The third-order valence-corrected chi connectivity index (χ3v) is 7.18. The van der Waals surface area contributed by atoms with Crippen LogP contribution >= 0.6 is 11.6 Å². The molecule has 2 aromatic carbocycles. The molecule has 0 radical (unpaired) electrons. The minimum Gasteiger partial charge on any atom is -0.369 e. The molecular weight excluding hydrogens is 436 g/mol. The van der Waals surface area contributed by atoms with Crippen molar-refractivity contribution in [3.8, 4) is 0 Å². The van der Waals surface area contributed by atoms with Crippen LogP contribution in [0.3, 0.4) is 0 Å². The van der Waals surface area contributed by atoms with Gasteiger partial charge in [0.15, 0.2) is 0 Å². The highest BCUT2D eigenvalue weighted by molar-refractivity contribution is 7.89. The summed E-state index contributed by atoms with van der Waals surface area (Å²) in [6, 6.07) is 13.5. The van der Waals surface area contributed by atoms with E-state index in [0.717, 1.165) is 36.9 Å². The monoisotopic (exact) mass is 464 g/mol. The minimum absolute atomic E-state index is 0.115. The maximum absolute atomic E-state index is 12.7. The van der Waals surface area contributed by atoms with Gasteiger partial charge in [-0.3, -0.25) is 9.69 Å². The lowest BCUT2D eigenvalue weighted by Crippen LogP contribution is -2.52. The van der Waals surface area contributed by atoms with Crippen molar-refractivity contribution >= 4 is 38.9 Å². The normalized spacial score (nSPS) is 16.4. The van der Waals surface area contributed by atoms with Gasteiger partial charge in [-0.2, -0.15) is 0 Å². The number of anilines is 2. The molecule has 0 spiro atoms. The van der Waals surface area contributed by atoms with Crippen LogP contribution in [0.25, 0.3) is 0 Å². The lowest BCUT2D eigenvalue weighted by molar-refractivity contribution is -0.120. The first-order valence-corrected chi connectivity index (χ1v) is 12.2. The van der Waals surface area contributed by atoms with Crippen molar-refractivity contribution in [2.75, 3.05) is 36.4 Å². The molecule has 0 aliphatic carbocycles. The number of carbonyl (C=O) groups excluding carboxylic acids is 1. The Kier molecular flexibility index (Phi) is 7.59. The van der Waals surface area contributed by atoms with Crippen LogP contribution in [0.5, 0.6) is 0 Å². The number of rotatable bonds is 7. The number of carbonyl (C=O) groups is 1. The zero-order valence-electron chi connectivity index (χ0n) is 18.0. The molecule has 7 nitrogen and oxygen atoms in total. The summed E-state index contributed by atoms with van der Waals surface area (Å²) in [7, 11) is -3.55. The number of nitrogens with zero attached hydrogens (tertiary/aromatic N) is 2. The summed E-state index contributed by atoms with van der Waals surface area (Å²) in [6.45, 7) is 8.62. The number of hydrogen-bond donors (Lipinski definition) is 2. The van der Waals surface area contributed by atoms with Gasteiger partial charge in [-0.1, -0.05) is 11.6 Å². The van der Waals surface area contributed by atoms with Gasteiger partial charge in [0.2, 0.25) is 15.9 Å². The van der Waals surface area contributed by atoms with Crippen LogP contribution in [0.1, 0.15) is 20.8 Å². The Hall–Kier alpha value is -2.13. The van der Waals surface area contributed by atoms with Crippen LogP contribution in [0.2, 0.25) is 5.02 Å². The van der Waals surface area contributed by atoms with Crippen LogP contribution < -0.4 is 14.9 Å². The number of nitrogens with one attached hydrogen (secondary N) is 2. The molecule has 1 fully saturated rings. The molecule has 1 unspecified atom stereocenters. The number of sulfonamides is 1. The predicted molar refractivity (Wildman–Crippen MR) is 125 cm³/mol. The van der Waals surface area contributed by atoms with Gasteiger partial charge in [0.25, 0.3) is 0 Å². The molecule has 9 heteroatoms. The minimum atomic E-state index is -3.55. The fourth-order valence-corrected chi connectivity index (χ4v) is 4.90. The van der Waals surface area contributed by atoms with E-state index in [9.17, 15) is 13.2 Å². The van der Waals surface area contributed by atoms with E-state index in [0.29, 0.717) is 5.69 Å². The second-order valence-corrected chi connectivity index (χ2v) is 10.1. The van der Waals surface area contributed by atoms with Crippen molar-refractivity contribution in [3.05, 3.63) is 53.6 Å². The average molecular weight is 465 g/mol. The predicted octanol–water partition coefficient (Wildman–Crippen LogP) is 3.18. The highest BCUT2D eigenvalue weighted by atomic mass is 35.5. The fraction of sp³-hybridized carbons (Fsp3) is 0.409. The van der Waals surface area contributed by atoms with E-state index in [4.69, 9.17) is 11.6 Å². The summed E-state index contributed by atoms with van der Waals surface area (Å²) < 4.78 is 27.0. The molecule has 0 bridgehead atoms. The lowest BCUT2D eigenvalue weighted by atomic mass is 10.2. The quantitative estimate of drug-likeness (QED) is 0.657. The second-order valence-electron chi connectivity index (χ2n) is 7.97. The van der Waals surface area contributed by atoms with Crippen molar-refractivity contribution in [1.82, 2.24) is 9.62 Å². The van der Waals surface area contributed by atoms with Gasteiger partial charge >= 0.3 is 0 Å². The van der Waals surface area contributed by atoms with E-state index >= 15 is 0 Å². The summed E-state index contributed by atoms with van der Waals surface area (Å²) in [5.41, 5.74) is 1.70. The summed E-state index contributed by atoms with van der Waals surface area (Å²) >= 11 is 5.96. The van der Waals surface area contributed by atoms with Crippen molar-refractivity contribution in [2.45, 2.75) is 37.8 Å². The summed E-state index contributed by atoms with van der Waals surface area (Å²) in [5.74, 6) is -0.115. The summed E-state index contributed by atoms with van der Waals surface area (Å²) in [6.07, 6.45) is 0. The van der Waals surface area contributed by atoms with Crippen LogP contribution in [-0.4, -0.2) is 57.5 Å². The molecule has 0 saturated carbocycles. The molecule has 168 valence electrons. The lowest BCUT2D eigenvalue weighted by Gasteiger charge is -2.38. The van der Waals surface area contributed by atoms with Gasteiger partial charge in [0.1, 0.15) is 0 Å². The molecule has 1 aliphatic heterocycles. The van der Waals surface area contributed by atoms with Crippen molar-refractivity contribution in [2.24, 2.45) is 0 Å². The third kappa shape index (κ3) is 6.20. The third-order valence-electron chi connectivity index (χ3n) is 5.26. The van der Waals surface area contributed by atoms with Gasteiger partial charge in [0, 0.05) is 48.6 Å². The molecule has 31 heavy (non-hydrogen) atoms. The Labute approximate surface area is 189 Å². The Bertz CT molecular complexity index is 986. The zero-order valence-corrected chi connectivity index (χ0v) is 19.6. The summed E-state index contributed by atoms with van der Waals surface area (Å²) in [4.78, 5) is 17.3. The molecule has 1 atom stereocenters. The molecule has 1 heterocycles. The van der Waals surface area contributed by atoms with Gasteiger partial charge in [0.05, 0.1) is 10.9 Å². The number of benzene rings is 2. The van der Waals surface area contributed by atoms with Gasteiger partial charge in [-0.25, -0.2) is 13.1 Å². The zero-order chi connectivity index (χ0) is 22.6. The van der Waals surface area contributed by atoms with Crippen molar-refractivity contribution in [1.29, 1.82) is 0 Å². The summed E-state index contributed by atoms with van der Waals surface area (Å²) in [5, 5.41) is 3.60. The van der Waals surface area contributed by atoms with Crippen molar-refractivity contribution < 1.29 is 13.2 Å². The fourth-order valence-electron chi connectivity index (χ4n) is 3.53. The number of halogens is 1. The number of piperazine rings is 1. The van der Waals surface area contributed by atoms with E-state index in [1.807, 2.05) is 31.2 Å². The van der Waals surface area contributed by atoms with Crippen LogP contribution in [0.4, 0.5) is 11.4 Å². The Morgan fingerprint density at radius 1 is 0.935 bits per heavy atom. The molecule has 1 saturated heterocycles. The smallest absolute Gasteiger partial charge is 0.241 e. The molecule has 0 aromatic heterocycles. The van der Waals surface area contributed by atoms with Crippen molar-refractivity contribution in [3.63, 3.8) is 0 Å². The molecule has 3 rings (SSSR count). The van der Waals surface area contributed by atoms with E-state index in [1.54, 1.807) is 26.0 Å². The topological polar surface area (TPSA) is 81.8 Å². The van der Waals surface area contributed by atoms with Gasteiger partial charge in [-0.05, 0) is 69.3 Å². The molecule has 1 aliphatic rings. The first-order valence-electron chi connectivity index (χ1n) is 10.3. The highest BCUT2D eigenvalue weighted by Gasteiger charge is 2.26. The Morgan fingerprint density at radius 2 is 1.52 bits per heavy atom. The number of amides is 1.